The molecular weight excluding hydrogens is 420 g/mol. The Labute approximate surface area is 192 Å². The highest BCUT2D eigenvalue weighted by molar-refractivity contribution is 5.96. The third-order valence-corrected chi connectivity index (χ3v) is 4.81. The zero-order valence-corrected chi connectivity index (χ0v) is 18.3. The molecule has 170 valence electrons. The maximum absolute atomic E-state index is 12.9. The van der Waals surface area contributed by atoms with Gasteiger partial charge in [-0.15, -0.1) is 0 Å². The predicted octanol–water partition coefficient (Wildman–Crippen LogP) is 3.67. The van der Waals surface area contributed by atoms with E-state index in [2.05, 4.69) is 10.6 Å². The first-order chi connectivity index (χ1) is 16.0. The maximum Gasteiger partial charge on any atom is 0.308 e. The summed E-state index contributed by atoms with van der Waals surface area (Å²) in [6.45, 7) is 0.117. The lowest BCUT2D eigenvalue weighted by atomic mass is 10.1. The van der Waals surface area contributed by atoms with Crippen molar-refractivity contribution in [1.29, 1.82) is 0 Å². The number of esters is 1. The summed E-state index contributed by atoms with van der Waals surface area (Å²) >= 11 is 0. The molecule has 0 spiro atoms. The van der Waals surface area contributed by atoms with Gasteiger partial charge in [0.05, 0.1) is 20.0 Å². The van der Waals surface area contributed by atoms with Gasteiger partial charge in [0.2, 0.25) is 12.0 Å². The molecular formula is C26H26N2O5. The van der Waals surface area contributed by atoms with Gasteiger partial charge in [0.15, 0.2) is 0 Å². The van der Waals surface area contributed by atoms with Gasteiger partial charge in [0.25, 0.3) is 5.91 Å². The van der Waals surface area contributed by atoms with Crippen LogP contribution in [-0.4, -0.2) is 31.4 Å². The Bertz CT molecular complexity index is 1050. The zero-order valence-electron chi connectivity index (χ0n) is 18.3. The fourth-order valence-corrected chi connectivity index (χ4v) is 3.12. The molecule has 3 aromatic carbocycles. The van der Waals surface area contributed by atoms with Gasteiger partial charge in [-0.1, -0.05) is 60.7 Å². The van der Waals surface area contributed by atoms with Crippen LogP contribution in [-0.2, 0) is 25.5 Å². The van der Waals surface area contributed by atoms with Gasteiger partial charge in [0.1, 0.15) is 5.75 Å². The molecule has 7 heteroatoms. The standard InChI is InChI=1S/C26H26N2O5/c1-32-22-14-12-21(13-15-22)28-26(31)25(20-10-6-3-7-11-20)33-24(30)16-17-27-23(29)18-19-8-4-2-5-9-19/h2-15,25H,16-18H2,1H3,(H,27,29)(H,28,31). The minimum Gasteiger partial charge on any atom is -0.497 e. The van der Waals surface area contributed by atoms with E-state index in [4.69, 9.17) is 9.47 Å². The third-order valence-electron chi connectivity index (χ3n) is 4.81. The SMILES string of the molecule is COc1ccc(NC(=O)C(OC(=O)CCNC(=O)Cc2ccccc2)c2ccccc2)cc1. The molecule has 0 aliphatic heterocycles. The van der Waals surface area contributed by atoms with Gasteiger partial charge in [-0.3, -0.25) is 14.4 Å². The number of anilines is 1. The van der Waals surface area contributed by atoms with E-state index in [1.165, 1.54) is 0 Å². The van der Waals surface area contributed by atoms with Crippen molar-refractivity contribution in [3.8, 4) is 5.75 Å². The van der Waals surface area contributed by atoms with E-state index in [1.54, 1.807) is 55.6 Å². The van der Waals surface area contributed by atoms with E-state index < -0.39 is 18.0 Å². The van der Waals surface area contributed by atoms with Crippen LogP contribution < -0.4 is 15.4 Å². The summed E-state index contributed by atoms with van der Waals surface area (Å²) in [6, 6.07) is 24.9. The molecule has 0 bridgehead atoms. The highest BCUT2D eigenvalue weighted by atomic mass is 16.5. The summed E-state index contributed by atoms with van der Waals surface area (Å²) in [4.78, 5) is 37.4. The average molecular weight is 447 g/mol. The summed E-state index contributed by atoms with van der Waals surface area (Å²) in [5.41, 5.74) is 1.98. The lowest BCUT2D eigenvalue weighted by molar-refractivity contribution is -0.154. The second kappa shape index (κ2) is 12.0. The summed E-state index contributed by atoms with van der Waals surface area (Å²) in [5.74, 6) is -0.596. The molecule has 0 saturated heterocycles. The number of nitrogens with one attached hydrogen (secondary N) is 2. The predicted molar refractivity (Wildman–Crippen MR) is 125 cm³/mol. The van der Waals surface area contributed by atoms with E-state index in [0.29, 0.717) is 17.0 Å². The monoisotopic (exact) mass is 446 g/mol. The van der Waals surface area contributed by atoms with Crippen LogP contribution in [0.2, 0.25) is 0 Å². The van der Waals surface area contributed by atoms with Crippen LogP contribution in [0.1, 0.15) is 23.7 Å². The zero-order chi connectivity index (χ0) is 23.5. The molecule has 2 N–H and O–H groups in total. The molecule has 33 heavy (non-hydrogen) atoms. The first-order valence-electron chi connectivity index (χ1n) is 10.5. The Hall–Kier alpha value is -4.13. The highest BCUT2D eigenvalue weighted by Crippen LogP contribution is 2.22. The van der Waals surface area contributed by atoms with Gasteiger partial charge in [0, 0.05) is 17.8 Å². The number of carbonyl (C=O) groups excluding carboxylic acids is 3. The van der Waals surface area contributed by atoms with Gasteiger partial charge >= 0.3 is 5.97 Å². The van der Waals surface area contributed by atoms with Crippen molar-refractivity contribution in [2.45, 2.75) is 18.9 Å². The molecule has 7 nitrogen and oxygen atoms in total. The second-order valence-electron chi connectivity index (χ2n) is 7.26. The minimum atomic E-state index is -1.12. The molecule has 0 saturated carbocycles. The van der Waals surface area contributed by atoms with Crippen molar-refractivity contribution < 1.29 is 23.9 Å². The number of hydrogen-bond donors (Lipinski definition) is 2. The molecule has 0 aliphatic carbocycles. The molecule has 0 aromatic heterocycles. The van der Waals surface area contributed by atoms with E-state index in [9.17, 15) is 14.4 Å². The van der Waals surface area contributed by atoms with Crippen LogP contribution in [0.4, 0.5) is 5.69 Å². The van der Waals surface area contributed by atoms with E-state index in [-0.39, 0.29) is 25.3 Å². The average Bonchev–Trinajstić information content (AvgIpc) is 2.84. The first kappa shape index (κ1) is 23.5. The lowest BCUT2D eigenvalue weighted by Gasteiger charge is -2.18. The smallest absolute Gasteiger partial charge is 0.308 e. The summed E-state index contributed by atoms with van der Waals surface area (Å²) < 4.78 is 10.6. The molecule has 0 radical (unpaired) electrons. The van der Waals surface area contributed by atoms with Gasteiger partial charge in [-0.25, -0.2) is 0 Å². The fraction of sp³-hybridized carbons (Fsp3) is 0.192. The Kier molecular flexibility index (Phi) is 8.59. The number of carbonyl (C=O) groups is 3. The van der Waals surface area contributed by atoms with Crippen LogP contribution in [0.5, 0.6) is 5.75 Å². The quantitative estimate of drug-likeness (QED) is 0.464. The van der Waals surface area contributed by atoms with Crippen molar-refractivity contribution >= 4 is 23.5 Å². The number of ether oxygens (including phenoxy) is 2. The molecule has 1 atom stereocenters. The molecule has 1 unspecified atom stereocenters. The van der Waals surface area contributed by atoms with Crippen molar-refractivity contribution in [3.05, 3.63) is 96.1 Å². The lowest BCUT2D eigenvalue weighted by Crippen LogP contribution is -2.30. The first-order valence-corrected chi connectivity index (χ1v) is 10.5. The van der Waals surface area contributed by atoms with Gasteiger partial charge in [-0.05, 0) is 29.8 Å². The molecule has 0 fully saturated rings. The Morgan fingerprint density at radius 2 is 1.48 bits per heavy atom. The molecule has 3 aromatic rings. The van der Waals surface area contributed by atoms with Crippen LogP contribution in [0.25, 0.3) is 0 Å². The Morgan fingerprint density at radius 1 is 0.848 bits per heavy atom. The number of hydrogen-bond acceptors (Lipinski definition) is 5. The van der Waals surface area contributed by atoms with Gasteiger partial charge < -0.3 is 20.1 Å². The van der Waals surface area contributed by atoms with Crippen molar-refractivity contribution in [3.63, 3.8) is 0 Å². The van der Waals surface area contributed by atoms with Gasteiger partial charge in [-0.2, -0.15) is 0 Å². The summed E-state index contributed by atoms with van der Waals surface area (Å²) in [6.07, 6.45) is -0.951. The molecule has 0 heterocycles. The van der Waals surface area contributed by atoms with E-state index in [1.807, 2.05) is 36.4 Å². The van der Waals surface area contributed by atoms with Crippen LogP contribution in [0, 0.1) is 0 Å². The highest BCUT2D eigenvalue weighted by Gasteiger charge is 2.25. The largest absolute Gasteiger partial charge is 0.497 e. The topological polar surface area (TPSA) is 93.7 Å². The minimum absolute atomic E-state index is 0.0559. The van der Waals surface area contributed by atoms with Crippen molar-refractivity contribution in [1.82, 2.24) is 5.32 Å². The van der Waals surface area contributed by atoms with Crippen molar-refractivity contribution in [2.75, 3.05) is 19.0 Å². The van der Waals surface area contributed by atoms with E-state index in [0.717, 1.165) is 5.56 Å². The molecule has 2 amide bonds. The molecule has 3 rings (SSSR count). The van der Waals surface area contributed by atoms with E-state index >= 15 is 0 Å². The number of amides is 2. The normalized spacial score (nSPS) is 11.2. The third kappa shape index (κ3) is 7.50. The van der Waals surface area contributed by atoms with Crippen LogP contribution >= 0.6 is 0 Å². The Balaban J connectivity index is 1.56. The fourth-order valence-electron chi connectivity index (χ4n) is 3.12. The Morgan fingerprint density at radius 3 is 2.12 bits per heavy atom. The summed E-state index contributed by atoms with van der Waals surface area (Å²) in [7, 11) is 1.56. The molecule has 0 aliphatic rings. The maximum atomic E-state index is 12.9. The van der Waals surface area contributed by atoms with Crippen molar-refractivity contribution in [2.24, 2.45) is 0 Å². The number of methoxy groups -OCH3 is 1. The number of rotatable bonds is 10. The summed E-state index contributed by atoms with van der Waals surface area (Å²) in [5, 5.41) is 5.46. The number of benzene rings is 3. The van der Waals surface area contributed by atoms with Crippen LogP contribution in [0.3, 0.4) is 0 Å². The second-order valence-corrected chi connectivity index (χ2v) is 7.26. The van der Waals surface area contributed by atoms with Crippen LogP contribution in [0.15, 0.2) is 84.9 Å².